The van der Waals surface area contributed by atoms with Crippen LogP contribution in [0.5, 0.6) is 0 Å². The summed E-state index contributed by atoms with van der Waals surface area (Å²) in [6, 6.07) is 0. The minimum Gasteiger partial charge on any atom is -0.282 e. The van der Waals surface area contributed by atoms with Gasteiger partial charge in [0.05, 0.1) is 32.5 Å². The van der Waals surface area contributed by atoms with Crippen LogP contribution in [0.25, 0.3) is 0 Å². The van der Waals surface area contributed by atoms with Crippen LogP contribution in [0.15, 0.2) is 0 Å². The van der Waals surface area contributed by atoms with Crippen LogP contribution in [0.3, 0.4) is 0 Å². The van der Waals surface area contributed by atoms with E-state index in [0.29, 0.717) is 34.7 Å². The van der Waals surface area contributed by atoms with E-state index < -0.39 is 0 Å². The van der Waals surface area contributed by atoms with E-state index in [0.717, 1.165) is 0 Å². The zero-order valence-corrected chi connectivity index (χ0v) is 31.0. The molecule has 40 heavy (non-hydrogen) atoms. The molecule has 1 radical (unpaired) electrons. The molecule has 0 aliphatic heterocycles. The third kappa shape index (κ3) is 22.0. The van der Waals surface area contributed by atoms with Crippen molar-refractivity contribution in [3.05, 3.63) is 0 Å². The van der Waals surface area contributed by atoms with Gasteiger partial charge in [-0.2, -0.15) is 0 Å². The van der Waals surface area contributed by atoms with Gasteiger partial charge in [0.2, 0.25) is 0 Å². The van der Waals surface area contributed by atoms with E-state index >= 15 is 0 Å². The first-order chi connectivity index (χ1) is 16.6. The summed E-state index contributed by atoms with van der Waals surface area (Å²) in [6.07, 6.45) is 0.854. The average Bonchev–Trinajstić information content (AvgIpc) is 2.64. The minimum absolute atomic E-state index is 0. The predicted octanol–water partition coefficient (Wildman–Crippen LogP) is 7.68. The largest absolute Gasteiger partial charge is 0.311 e. The first-order valence-electron chi connectivity index (χ1n) is 14.0. The van der Waals surface area contributed by atoms with Gasteiger partial charge < -0.3 is 0 Å². The zero-order chi connectivity index (χ0) is 32.6. The van der Waals surface area contributed by atoms with Gasteiger partial charge in [0.1, 0.15) is 0 Å². The Bertz CT molecular complexity index is 693. The fourth-order valence-corrected chi connectivity index (χ4v) is 2.07. The summed E-state index contributed by atoms with van der Waals surface area (Å²) in [7, 11) is 0. The van der Waals surface area contributed by atoms with E-state index in [1.54, 1.807) is 0 Å². The van der Waals surface area contributed by atoms with Crippen LogP contribution in [-0.4, -0.2) is 63.5 Å². The molecule has 0 saturated carbocycles. The number of ketones is 6. The van der Waals surface area contributed by atoms with Crippen LogP contribution in [0.4, 0.5) is 0 Å². The molecule has 6 nitrogen and oxygen atoms in total. The van der Waals surface area contributed by atoms with Crippen molar-refractivity contribution < 1.29 is 66.5 Å². The summed E-state index contributed by atoms with van der Waals surface area (Å²) in [5.41, 5.74) is -1.50. The number of hydrogen-bond acceptors (Lipinski definition) is 0. The van der Waals surface area contributed by atoms with Crippen molar-refractivity contribution >= 4 is 34.7 Å². The van der Waals surface area contributed by atoms with Gasteiger partial charge in [-0.05, 0) is 125 Å². The Kier molecular flexibility index (Phi) is 19.4. The second kappa shape index (κ2) is 16.8. The van der Waals surface area contributed by atoms with Gasteiger partial charge in [-0.1, -0.05) is 0 Å². The van der Waals surface area contributed by atoms with Crippen molar-refractivity contribution in [3.8, 4) is 0 Å². The molecule has 0 aromatic heterocycles. The molecule has 0 rings (SSSR count). The molecule has 0 aromatic rings. The van der Waals surface area contributed by atoms with E-state index in [-0.39, 0.29) is 89.5 Å². The molecule has 0 saturated heterocycles. The Morgan fingerprint density at radius 3 is 0.400 bits per heavy atom. The normalized spacial score (nSPS) is 12.4. The maximum atomic E-state index is 9.66. The second-order valence-corrected chi connectivity index (χ2v) is 16.7. The SMILES string of the molecule is CC(C)(C)C(=[OH+])CC(=[OH+])C(C)(C)C.CC(C)(C)C(=[OH+])CC(=[OH+])C(C)(C)C.CC(C)(C)C(=[OH+])CC(=[OH+])C(C)(C)C.[Ho]. The molecule has 0 atom stereocenters. The third-order valence-corrected chi connectivity index (χ3v) is 6.20. The fraction of sp³-hybridized carbons (Fsp3) is 0.818. The summed E-state index contributed by atoms with van der Waals surface area (Å²) in [6.45, 7) is 34.7. The van der Waals surface area contributed by atoms with Gasteiger partial charge in [-0.15, -0.1) is 0 Å². The predicted molar refractivity (Wildman–Crippen MR) is 172 cm³/mol. The number of rotatable bonds is 6. The number of hydrogen-bond donors (Lipinski definition) is 0. The summed E-state index contributed by atoms with van der Waals surface area (Å²) in [4.78, 5) is 57.9. The molecule has 0 aliphatic rings. The molecule has 0 heterocycles. The summed E-state index contributed by atoms with van der Waals surface area (Å²) >= 11 is 0. The first kappa shape index (κ1) is 46.2. The van der Waals surface area contributed by atoms with Crippen molar-refractivity contribution in [3.63, 3.8) is 0 Å². The maximum absolute atomic E-state index is 9.66. The van der Waals surface area contributed by atoms with Gasteiger partial charge in [0, 0.05) is 37.7 Å². The standard InChI is InChI=1S/3C11H20O2.Ho/c3*1-10(2,3)8(12)7-9(13)11(4,5)6;/h3*7H2,1-6H3;/p+6. The minimum atomic E-state index is -0.251. The van der Waals surface area contributed by atoms with Crippen molar-refractivity contribution in [2.75, 3.05) is 0 Å². The van der Waals surface area contributed by atoms with E-state index in [1.165, 1.54) is 0 Å². The molecule has 0 spiro atoms. The molecule has 0 fully saturated rings. The van der Waals surface area contributed by atoms with Crippen LogP contribution in [0, 0.1) is 70.2 Å². The quantitative estimate of drug-likeness (QED) is 0.151. The Morgan fingerprint density at radius 2 is 0.350 bits per heavy atom. The van der Waals surface area contributed by atoms with Gasteiger partial charge in [0.25, 0.3) is 0 Å². The zero-order valence-electron chi connectivity index (χ0n) is 29.1. The molecule has 0 aliphatic carbocycles. The summed E-state index contributed by atoms with van der Waals surface area (Å²) in [5, 5.41) is 0. The van der Waals surface area contributed by atoms with Gasteiger partial charge in [0.15, 0.2) is 19.3 Å². The van der Waals surface area contributed by atoms with E-state index in [1.807, 2.05) is 125 Å². The average molecular weight is 724 g/mol. The van der Waals surface area contributed by atoms with Crippen molar-refractivity contribution in [2.24, 2.45) is 32.5 Å². The van der Waals surface area contributed by atoms with Crippen LogP contribution >= 0.6 is 0 Å². The first-order valence-corrected chi connectivity index (χ1v) is 14.0. The Hall–Kier alpha value is -0.720. The monoisotopic (exact) mass is 723 g/mol. The second-order valence-electron chi connectivity index (χ2n) is 16.7. The van der Waals surface area contributed by atoms with Crippen molar-refractivity contribution in [1.29, 1.82) is 0 Å². The molecule has 0 unspecified atom stereocenters. The van der Waals surface area contributed by atoms with Gasteiger partial charge in [-0.3, -0.25) is 28.8 Å². The van der Waals surface area contributed by atoms with Crippen molar-refractivity contribution in [2.45, 2.75) is 144 Å². The molecule has 7 heteroatoms. The fourth-order valence-electron chi connectivity index (χ4n) is 2.07. The summed E-state index contributed by atoms with van der Waals surface area (Å²) in [5.74, 6) is 2.00. The Labute approximate surface area is 276 Å². The van der Waals surface area contributed by atoms with Crippen LogP contribution in [0.2, 0.25) is 0 Å². The molecule has 0 amide bonds. The van der Waals surface area contributed by atoms with Gasteiger partial charge >= 0.3 is 34.7 Å². The van der Waals surface area contributed by atoms with Gasteiger partial charge in [-0.25, -0.2) is 0 Å². The smallest absolute Gasteiger partial charge is 0.282 e. The summed E-state index contributed by atoms with van der Waals surface area (Å²) < 4.78 is 0. The molecule has 0 bridgehead atoms. The molecule has 239 valence electrons. The molecule has 0 aromatic carbocycles. The number of carbonyl (C=O) groups excluding carboxylic acids is 6. The van der Waals surface area contributed by atoms with Crippen LogP contribution in [0.1, 0.15) is 144 Å². The van der Waals surface area contributed by atoms with E-state index in [9.17, 15) is 28.8 Å². The third-order valence-electron chi connectivity index (χ3n) is 6.20. The molecule has 6 N–H and O–H groups in total. The Morgan fingerprint density at radius 1 is 0.275 bits per heavy atom. The van der Waals surface area contributed by atoms with Crippen LogP contribution in [-0.2, 0) is 0 Å². The van der Waals surface area contributed by atoms with Crippen molar-refractivity contribution in [1.82, 2.24) is 0 Å². The van der Waals surface area contributed by atoms with E-state index in [2.05, 4.69) is 0 Å². The Balaban J connectivity index is -0.000000240. The van der Waals surface area contributed by atoms with E-state index in [4.69, 9.17) is 0 Å². The molecular formula is C33H66HoO6+6. The topological polar surface area (TPSA) is 128 Å². The molecular weight excluding hydrogens is 657 g/mol. The maximum Gasteiger partial charge on any atom is 0.311 e. The van der Waals surface area contributed by atoms with Crippen LogP contribution < -0.4 is 0 Å².